The average molecular weight is 515 g/mol. The average Bonchev–Trinajstić information content (AvgIpc) is 2.93. The van der Waals surface area contributed by atoms with Gasteiger partial charge in [-0.05, 0) is 25.1 Å². The molecule has 194 valence electrons. The molecule has 4 aromatic rings. The minimum atomic E-state index is -0.445. The minimum absolute atomic E-state index is 0.0445. The van der Waals surface area contributed by atoms with Crippen LogP contribution in [-0.4, -0.2) is 43.7 Å². The third-order valence-corrected chi connectivity index (χ3v) is 6.28. The molecule has 2 heterocycles. The lowest BCUT2D eigenvalue weighted by molar-refractivity contribution is -0.116. The molecular formula is C29H26N2O7. The van der Waals surface area contributed by atoms with E-state index in [0.717, 1.165) is 5.56 Å². The van der Waals surface area contributed by atoms with E-state index in [-0.39, 0.29) is 23.4 Å². The highest BCUT2D eigenvalue weighted by molar-refractivity contribution is 6.10. The van der Waals surface area contributed by atoms with Crippen LogP contribution in [0.5, 0.6) is 23.0 Å². The van der Waals surface area contributed by atoms with Gasteiger partial charge in [-0.2, -0.15) is 0 Å². The molecule has 0 spiro atoms. The summed E-state index contributed by atoms with van der Waals surface area (Å²) in [7, 11) is 3.04. The van der Waals surface area contributed by atoms with Crippen LogP contribution in [0.15, 0.2) is 65.6 Å². The zero-order valence-corrected chi connectivity index (χ0v) is 21.2. The van der Waals surface area contributed by atoms with Gasteiger partial charge in [0.2, 0.25) is 11.3 Å². The van der Waals surface area contributed by atoms with E-state index in [9.17, 15) is 14.4 Å². The molecule has 0 bridgehead atoms. The zero-order chi connectivity index (χ0) is 26.8. The number of carbonyl (C=O) groups is 2. The van der Waals surface area contributed by atoms with Gasteiger partial charge in [0.15, 0.2) is 28.8 Å². The molecule has 0 radical (unpaired) electrons. The van der Waals surface area contributed by atoms with Gasteiger partial charge in [0, 0.05) is 29.6 Å². The molecule has 0 fully saturated rings. The molecule has 1 aromatic heterocycles. The Hall–Kier alpha value is -4.79. The lowest BCUT2D eigenvalue weighted by atomic mass is 10.0. The van der Waals surface area contributed by atoms with E-state index >= 15 is 0 Å². The Morgan fingerprint density at radius 2 is 1.61 bits per heavy atom. The van der Waals surface area contributed by atoms with Crippen LogP contribution >= 0.6 is 0 Å². The van der Waals surface area contributed by atoms with Gasteiger partial charge in [-0.25, -0.2) is 0 Å². The Balaban J connectivity index is 1.56. The highest BCUT2D eigenvalue weighted by atomic mass is 16.6. The van der Waals surface area contributed by atoms with Crippen molar-refractivity contribution in [2.24, 2.45) is 0 Å². The molecule has 5 rings (SSSR count). The van der Waals surface area contributed by atoms with Gasteiger partial charge >= 0.3 is 0 Å². The summed E-state index contributed by atoms with van der Waals surface area (Å²) >= 11 is 0. The number of pyridine rings is 1. The molecule has 9 nitrogen and oxygen atoms in total. The minimum Gasteiger partial charge on any atom is -0.493 e. The lowest BCUT2D eigenvalue weighted by Gasteiger charge is -2.20. The monoisotopic (exact) mass is 514 g/mol. The SMILES string of the molecule is COc1ccc(NC(=O)Cn2cc(C(=O)c3ccc(C)cc3)c(=O)c3cc4c(cc32)OCCO4)cc1OC. The first-order valence-electron chi connectivity index (χ1n) is 12.0. The van der Waals surface area contributed by atoms with Crippen molar-refractivity contribution in [1.29, 1.82) is 0 Å². The first-order valence-corrected chi connectivity index (χ1v) is 12.0. The van der Waals surface area contributed by atoms with Gasteiger partial charge < -0.3 is 28.8 Å². The fourth-order valence-electron chi connectivity index (χ4n) is 4.35. The van der Waals surface area contributed by atoms with E-state index in [0.29, 0.717) is 53.0 Å². The van der Waals surface area contributed by atoms with Crippen molar-refractivity contribution < 1.29 is 28.5 Å². The molecule has 0 unspecified atom stereocenters. The summed E-state index contributed by atoms with van der Waals surface area (Å²) in [6, 6.07) is 15.2. The van der Waals surface area contributed by atoms with E-state index in [1.54, 1.807) is 47.0 Å². The largest absolute Gasteiger partial charge is 0.493 e. The predicted molar refractivity (Wildman–Crippen MR) is 142 cm³/mol. The van der Waals surface area contributed by atoms with Crippen molar-refractivity contribution >= 4 is 28.3 Å². The van der Waals surface area contributed by atoms with Gasteiger partial charge in [0.25, 0.3) is 0 Å². The lowest BCUT2D eigenvalue weighted by Crippen LogP contribution is -2.25. The van der Waals surface area contributed by atoms with Crippen molar-refractivity contribution in [1.82, 2.24) is 4.57 Å². The van der Waals surface area contributed by atoms with Gasteiger partial charge in [0.05, 0.1) is 30.7 Å². The van der Waals surface area contributed by atoms with Crippen LogP contribution in [0, 0.1) is 6.92 Å². The van der Waals surface area contributed by atoms with E-state index in [2.05, 4.69) is 5.32 Å². The number of rotatable bonds is 7. The summed E-state index contributed by atoms with van der Waals surface area (Å²) < 4.78 is 23.5. The molecule has 1 N–H and O–H groups in total. The molecule has 3 aromatic carbocycles. The Kier molecular flexibility index (Phi) is 6.74. The van der Waals surface area contributed by atoms with Crippen LogP contribution in [0.25, 0.3) is 10.9 Å². The summed E-state index contributed by atoms with van der Waals surface area (Å²) in [5.41, 5.74) is 1.83. The molecule has 1 aliphatic heterocycles. The van der Waals surface area contributed by atoms with Crippen molar-refractivity contribution in [3.05, 3.63) is 87.7 Å². The first-order chi connectivity index (χ1) is 18.4. The number of benzene rings is 3. The maximum absolute atomic E-state index is 13.5. The van der Waals surface area contributed by atoms with Crippen molar-refractivity contribution in [3.8, 4) is 23.0 Å². The fourth-order valence-corrected chi connectivity index (χ4v) is 4.35. The molecular weight excluding hydrogens is 488 g/mol. The maximum Gasteiger partial charge on any atom is 0.244 e. The maximum atomic E-state index is 13.5. The number of anilines is 1. The number of fused-ring (bicyclic) bond motifs is 2. The second-order valence-corrected chi connectivity index (χ2v) is 8.83. The number of nitrogens with zero attached hydrogens (tertiary/aromatic N) is 1. The number of aromatic nitrogens is 1. The normalized spacial score (nSPS) is 12.2. The summed E-state index contributed by atoms with van der Waals surface area (Å²) in [6.45, 7) is 2.47. The second kappa shape index (κ2) is 10.3. The van der Waals surface area contributed by atoms with Crippen LogP contribution in [0.2, 0.25) is 0 Å². The number of methoxy groups -OCH3 is 2. The Labute approximate surface area is 218 Å². The van der Waals surface area contributed by atoms with Crippen molar-refractivity contribution in [2.75, 3.05) is 32.8 Å². The molecule has 0 saturated carbocycles. The molecule has 0 saturated heterocycles. The zero-order valence-electron chi connectivity index (χ0n) is 21.2. The Morgan fingerprint density at radius 1 is 0.921 bits per heavy atom. The number of hydrogen-bond donors (Lipinski definition) is 1. The van der Waals surface area contributed by atoms with Crippen molar-refractivity contribution in [2.45, 2.75) is 13.5 Å². The highest BCUT2D eigenvalue weighted by Gasteiger charge is 2.22. The number of aryl methyl sites for hydroxylation is 1. The summed E-state index contributed by atoms with van der Waals surface area (Å²) in [5, 5.41) is 3.09. The molecule has 1 amide bonds. The molecule has 1 aliphatic rings. The van der Waals surface area contributed by atoms with Crippen LogP contribution in [-0.2, 0) is 11.3 Å². The topological polar surface area (TPSA) is 105 Å². The Morgan fingerprint density at radius 3 is 2.29 bits per heavy atom. The van der Waals surface area contributed by atoms with E-state index < -0.39 is 11.2 Å². The third kappa shape index (κ3) is 4.78. The van der Waals surface area contributed by atoms with E-state index in [1.807, 2.05) is 19.1 Å². The molecule has 38 heavy (non-hydrogen) atoms. The van der Waals surface area contributed by atoms with Gasteiger partial charge in [-0.3, -0.25) is 14.4 Å². The number of nitrogens with one attached hydrogen (secondary N) is 1. The second-order valence-electron chi connectivity index (χ2n) is 8.83. The molecule has 0 aliphatic carbocycles. The van der Waals surface area contributed by atoms with Crippen molar-refractivity contribution in [3.63, 3.8) is 0 Å². The van der Waals surface area contributed by atoms with Gasteiger partial charge in [0.1, 0.15) is 19.8 Å². The number of amides is 1. The standard InChI is InChI=1S/C29H26N2O7/c1-17-4-6-18(7-5-17)28(33)21-15-31(16-27(32)30-19-8-9-23(35-2)24(12-19)36-3)22-14-26-25(37-10-11-38-26)13-20(22)29(21)34/h4-9,12-15H,10-11,16H2,1-3H3,(H,30,32). The van der Waals surface area contributed by atoms with E-state index in [4.69, 9.17) is 18.9 Å². The first kappa shape index (κ1) is 24.9. The van der Waals surface area contributed by atoms with Gasteiger partial charge in [-0.15, -0.1) is 0 Å². The number of ketones is 1. The third-order valence-electron chi connectivity index (χ3n) is 6.28. The summed E-state index contributed by atoms with van der Waals surface area (Å²) in [4.78, 5) is 40.0. The number of hydrogen-bond acceptors (Lipinski definition) is 7. The summed E-state index contributed by atoms with van der Waals surface area (Å²) in [6.07, 6.45) is 1.43. The number of ether oxygens (including phenoxy) is 4. The summed E-state index contributed by atoms with van der Waals surface area (Å²) in [5.74, 6) is 1.08. The van der Waals surface area contributed by atoms with Crippen LogP contribution in [0.4, 0.5) is 5.69 Å². The van der Waals surface area contributed by atoms with Crippen LogP contribution in [0.3, 0.4) is 0 Å². The molecule has 9 heteroatoms. The van der Waals surface area contributed by atoms with Gasteiger partial charge in [-0.1, -0.05) is 29.8 Å². The fraction of sp³-hybridized carbons (Fsp3) is 0.207. The van der Waals surface area contributed by atoms with E-state index in [1.165, 1.54) is 20.4 Å². The smallest absolute Gasteiger partial charge is 0.244 e. The molecule has 0 atom stereocenters. The highest BCUT2D eigenvalue weighted by Crippen LogP contribution is 2.34. The predicted octanol–water partition coefficient (Wildman–Crippen LogP) is 3.97. The van der Waals surface area contributed by atoms with Crippen LogP contribution in [0.1, 0.15) is 21.5 Å². The Bertz CT molecular complexity index is 1610. The number of carbonyl (C=O) groups excluding carboxylic acids is 2. The van der Waals surface area contributed by atoms with Crippen LogP contribution < -0.4 is 29.7 Å². The quantitative estimate of drug-likeness (QED) is 0.372.